The van der Waals surface area contributed by atoms with Crippen molar-refractivity contribution >= 4 is 17.6 Å². The summed E-state index contributed by atoms with van der Waals surface area (Å²) >= 11 is 6.15. The minimum atomic E-state index is -1.05. The van der Waals surface area contributed by atoms with Gasteiger partial charge in [-0.2, -0.15) is 5.10 Å². The summed E-state index contributed by atoms with van der Waals surface area (Å²) in [4.78, 5) is 11.5. The van der Waals surface area contributed by atoms with Crippen LogP contribution in [-0.2, 0) is 5.54 Å². The fourth-order valence-corrected chi connectivity index (χ4v) is 3.12. The second kappa shape index (κ2) is 6.61. The molecule has 5 heteroatoms. The van der Waals surface area contributed by atoms with E-state index >= 15 is 0 Å². The number of hydrogen-bond donors (Lipinski definition) is 1. The molecule has 0 saturated heterocycles. The molecule has 2 aromatic carbocycles. The lowest BCUT2D eigenvalue weighted by molar-refractivity contribution is 0.0689. The van der Waals surface area contributed by atoms with E-state index in [1.807, 2.05) is 70.2 Å². The van der Waals surface area contributed by atoms with E-state index in [2.05, 4.69) is 5.10 Å². The van der Waals surface area contributed by atoms with Crippen LogP contribution in [0.15, 0.2) is 48.5 Å². The van der Waals surface area contributed by atoms with E-state index in [0.29, 0.717) is 5.02 Å². The topological polar surface area (TPSA) is 55.1 Å². The van der Waals surface area contributed by atoms with Gasteiger partial charge >= 0.3 is 5.97 Å². The van der Waals surface area contributed by atoms with E-state index in [1.54, 1.807) is 10.7 Å². The van der Waals surface area contributed by atoms with Gasteiger partial charge < -0.3 is 5.11 Å². The third-order valence-electron chi connectivity index (χ3n) is 4.67. The standard InChI is InChI=1S/C21H21ClN2O2/c1-13-5-8-16(9-6-13)21(3,4)24-19(12-18(23-24)20(25)26)15-7-10-17(22)14(2)11-15/h5-12H,1-4H3,(H,25,26). The number of halogens is 1. The van der Waals surface area contributed by atoms with Crippen LogP contribution in [0.5, 0.6) is 0 Å². The van der Waals surface area contributed by atoms with Gasteiger partial charge in [0.1, 0.15) is 0 Å². The lowest BCUT2D eigenvalue weighted by Crippen LogP contribution is -2.30. The maximum atomic E-state index is 11.5. The van der Waals surface area contributed by atoms with Gasteiger partial charge in [0.05, 0.1) is 11.2 Å². The van der Waals surface area contributed by atoms with Crippen molar-refractivity contribution in [2.45, 2.75) is 33.2 Å². The molecule has 1 N–H and O–H groups in total. The average Bonchev–Trinajstić information content (AvgIpc) is 3.04. The Labute approximate surface area is 158 Å². The van der Waals surface area contributed by atoms with Crippen LogP contribution < -0.4 is 0 Å². The summed E-state index contributed by atoms with van der Waals surface area (Å²) < 4.78 is 1.78. The fraction of sp³-hybridized carbons (Fsp3) is 0.238. The second-order valence-electron chi connectivity index (χ2n) is 7.02. The Bertz CT molecular complexity index is 972. The summed E-state index contributed by atoms with van der Waals surface area (Å²) in [7, 11) is 0. The first-order valence-electron chi connectivity index (χ1n) is 8.37. The molecule has 3 aromatic rings. The normalized spacial score (nSPS) is 11.6. The average molecular weight is 369 g/mol. The van der Waals surface area contributed by atoms with Crippen LogP contribution in [0.1, 0.15) is 41.0 Å². The number of carboxylic acid groups (broad SMARTS) is 1. The zero-order valence-corrected chi connectivity index (χ0v) is 16.0. The minimum absolute atomic E-state index is 0.0211. The van der Waals surface area contributed by atoms with Crippen molar-refractivity contribution in [3.63, 3.8) is 0 Å². The Balaban J connectivity index is 2.21. The molecule has 0 aliphatic rings. The molecule has 0 spiro atoms. The van der Waals surface area contributed by atoms with Crippen LogP contribution in [-0.4, -0.2) is 20.9 Å². The van der Waals surface area contributed by atoms with Crippen molar-refractivity contribution in [2.24, 2.45) is 0 Å². The van der Waals surface area contributed by atoms with Crippen molar-refractivity contribution in [3.05, 3.63) is 75.9 Å². The highest BCUT2D eigenvalue weighted by molar-refractivity contribution is 6.31. The highest BCUT2D eigenvalue weighted by Gasteiger charge is 2.29. The molecule has 0 aliphatic carbocycles. The number of rotatable bonds is 4. The SMILES string of the molecule is Cc1ccc(C(C)(C)n2nc(C(=O)O)cc2-c2ccc(Cl)c(C)c2)cc1. The number of carbonyl (C=O) groups is 1. The molecule has 4 nitrogen and oxygen atoms in total. The molecule has 0 fully saturated rings. The summed E-state index contributed by atoms with van der Waals surface area (Å²) in [5.41, 5.74) is 4.28. The molecule has 26 heavy (non-hydrogen) atoms. The predicted octanol–water partition coefficient (Wildman–Crippen LogP) is 5.30. The van der Waals surface area contributed by atoms with E-state index in [-0.39, 0.29) is 5.69 Å². The molecule has 3 rings (SSSR count). The molecule has 0 atom stereocenters. The van der Waals surface area contributed by atoms with Gasteiger partial charge in [0.15, 0.2) is 5.69 Å². The summed E-state index contributed by atoms with van der Waals surface area (Å²) in [5, 5.41) is 14.5. The number of aromatic carboxylic acids is 1. The molecule has 0 amide bonds. The third-order valence-corrected chi connectivity index (χ3v) is 5.09. The van der Waals surface area contributed by atoms with Gasteiger partial charge in [0, 0.05) is 10.6 Å². The maximum Gasteiger partial charge on any atom is 0.356 e. The van der Waals surface area contributed by atoms with Crippen LogP contribution in [0.2, 0.25) is 5.02 Å². The highest BCUT2D eigenvalue weighted by Crippen LogP contribution is 2.33. The zero-order valence-electron chi connectivity index (χ0n) is 15.2. The number of hydrogen-bond acceptors (Lipinski definition) is 2. The molecule has 0 radical (unpaired) electrons. The molecular weight excluding hydrogens is 348 g/mol. The Morgan fingerprint density at radius 2 is 1.73 bits per heavy atom. The Morgan fingerprint density at radius 3 is 2.31 bits per heavy atom. The Hall–Kier alpha value is -2.59. The fourth-order valence-electron chi connectivity index (χ4n) is 3.01. The quantitative estimate of drug-likeness (QED) is 0.679. The van der Waals surface area contributed by atoms with Crippen molar-refractivity contribution in [1.82, 2.24) is 9.78 Å². The van der Waals surface area contributed by atoms with Crippen LogP contribution in [0, 0.1) is 13.8 Å². The number of aromatic nitrogens is 2. The first-order chi connectivity index (χ1) is 12.2. The molecule has 0 unspecified atom stereocenters. The molecule has 0 aliphatic heterocycles. The van der Waals surface area contributed by atoms with Crippen LogP contribution in [0.25, 0.3) is 11.3 Å². The van der Waals surface area contributed by atoms with Crippen molar-refractivity contribution in [1.29, 1.82) is 0 Å². The third kappa shape index (κ3) is 3.25. The van der Waals surface area contributed by atoms with Gasteiger partial charge in [0.25, 0.3) is 0 Å². The highest BCUT2D eigenvalue weighted by atomic mass is 35.5. The summed E-state index contributed by atoms with van der Waals surface area (Å²) in [5.74, 6) is -1.05. The van der Waals surface area contributed by atoms with E-state index < -0.39 is 11.5 Å². The molecule has 1 heterocycles. The molecule has 0 bridgehead atoms. The van der Waals surface area contributed by atoms with Gasteiger partial charge in [0.2, 0.25) is 0 Å². The van der Waals surface area contributed by atoms with Gasteiger partial charge in [-0.25, -0.2) is 4.79 Å². The zero-order chi connectivity index (χ0) is 19.1. The van der Waals surface area contributed by atoms with Crippen molar-refractivity contribution in [2.75, 3.05) is 0 Å². The number of nitrogens with zero attached hydrogens (tertiary/aromatic N) is 2. The van der Waals surface area contributed by atoms with Gasteiger partial charge in [-0.05, 0) is 57.0 Å². The van der Waals surface area contributed by atoms with E-state index in [1.165, 1.54) is 5.56 Å². The first kappa shape index (κ1) is 18.2. The predicted molar refractivity (Wildman–Crippen MR) is 104 cm³/mol. The Morgan fingerprint density at radius 1 is 1.08 bits per heavy atom. The van der Waals surface area contributed by atoms with E-state index in [4.69, 9.17) is 11.6 Å². The molecule has 0 saturated carbocycles. The summed E-state index contributed by atoms with van der Waals surface area (Å²) in [6, 6.07) is 15.5. The summed E-state index contributed by atoms with van der Waals surface area (Å²) in [6.45, 7) is 8.02. The first-order valence-corrected chi connectivity index (χ1v) is 8.75. The van der Waals surface area contributed by atoms with Crippen LogP contribution in [0.3, 0.4) is 0 Å². The lowest BCUT2D eigenvalue weighted by Gasteiger charge is -2.28. The minimum Gasteiger partial charge on any atom is -0.476 e. The van der Waals surface area contributed by atoms with E-state index in [9.17, 15) is 9.90 Å². The van der Waals surface area contributed by atoms with Gasteiger partial charge in [-0.1, -0.05) is 47.5 Å². The molecule has 1 aromatic heterocycles. The largest absolute Gasteiger partial charge is 0.476 e. The Kier molecular flexibility index (Phi) is 4.63. The van der Waals surface area contributed by atoms with E-state index in [0.717, 1.165) is 22.4 Å². The second-order valence-corrected chi connectivity index (χ2v) is 7.43. The lowest BCUT2D eigenvalue weighted by atomic mass is 9.93. The molecule has 134 valence electrons. The molecular formula is C21H21ClN2O2. The number of benzene rings is 2. The maximum absolute atomic E-state index is 11.5. The van der Waals surface area contributed by atoms with Gasteiger partial charge in [-0.15, -0.1) is 0 Å². The number of carboxylic acids is 1. The van der Waals surface area contributed by atoms with Crippen LogP contribution in [0.4, 0.5) is 0 Å². The smallest absolute Gasteiger partial charge is 0.356 e. The summed E-state index contributed by atoms with van der Waals surface area (Å²) in [6.07, 6.45) is 0. The monoisotopic (exact) mass is 368 g/mol. The number of aryl methyl sites for hydroxylation is 2. The van der Waals surface area contributed by atoms with Gasteiger partial charge in [-0.3, -0.25) is 4.68 Å². The van der Waals surface area contributed by atoms with Crippen molar-refractivity contribution < 1.29 is 9.90 Å². The van der Waals surface area contributed by atoms with Crippen LogP contribution >= 0.6 is 11.6 Å². The van der Waals surface area contributed by atoms with Crippen molar-refractivity contribution in [3.8, 4) is 11.3 Å².